The van der Waals surface area contributed by atoms with Crippen molar-refractivity contribution >= 4 is 5.91 Å². The van der Waals surface area contributed by atoms with Gasteiger partial charge in [0.05, 0.1) is 6.20 Å². The van der Waals surface area contributed by atoms with Crippen LogP contribution in [0.1, 0.15) is 12.5 Å². The summed E-state index contributed by atoms with van der Waals surface area (Å²) in [6.45, 7) is 1.87. The molecule has 0 spiro atoms. The number of rotatable bonds is 6. The number of ether oxygens (including phenoxy) is 1. The van der Waals surface area contributed by atoms with Crippen LogP contribution < -0.4 is 10.1 Å². The van der Waals surface area contributed by atoms with Gasteiger partial charge in [-0.05, 0) is 30.7 Å². The summed E-state index contributed by atoms with van der Waals surface area (Å²) in [7, 11) is 1.85. The summed E-state index contributed by atoms with van der Waals surface area (Å²) in [6, 6.07) is 7.93. The Hall–Kier alpha value is -3.22. The van der Waals surface area contributed by atoms with Gasteiger partial charge in [0.1, 0.15) is 0 Å². The van der Waals surface area contributed by atoms with Gasteiger partial charge in [-0.1, -0.05) is 12.1 Å². The van der Waals surface area contributed by atoms with Gasteiger partial charge >= 0.3 is 0 Å². The molecule has 1 atom stereocenters. The molecule has 1 N–H and O–H groups in total. The molecule has 0 saturated carbocycles. The van der Waals surface area contributed by atoms with E-state index in [-0.39, 0.29) is 11.7 Å². The minimum atomic E-state index is -0.818. The molecule has 0 aliphatic rings. The summed E-state index contributed by atoms with van der Waals surface area (Å²) >= 11 is 0. The highest BCUT2D eigenvalue weighted by Gasteiger charge is 2.16. The fourth-order valence-corrected chi connectivity index (χ4v) is 2.43. The van der Waals surface area contributed by atoms with E-state index in [4.69, 9.17) is 4.74 Å². The third kappa shape index (κ3) is 4.24. The van der Waals surface area contributed by atoms with Gasteiger partial charge in [-0.25, -0.2) is 4.39 Å². The van der Waals surface area contributed by atoms with Crippen molar-refractivity contribution in [3.05, 3.63) is 66.5 Å². The van der Waals surface area contributed by atoms with Gasteiger partial charge < -0.3 is 10.1 Å². The lowest BCUT2D eigenvalue weighted by Crippen LogP contribution is -2.36. The molecule has 6 nitrogen and oxygen atoms in total. The van der Waals surface area contributed by atoms with Crippen LogP contribution in [0.15, 0.2) is 55.1 Å². The minimum absolute atomic E-state index is 0.0513. The molecule has 0 fully saturated rings. The Balaban J connectivity index is 1.60. The standard InChI is InChI=1S/C19H19FN4O2/c1-13(26-18-6-4-3-5-17(18)20)19(25)22-9-14-7-15(10-21-8-14)16-11-23-24(2)12-16/h3-8,10-13H,9H2,1-2H3,(H,22,25). The number of halogens is 1. The third-order valence-corrected chi connectivity index (χ3v) is 3.81. The van der Waals surface area contributed by atoms with E-state index in [1.54, 1.807) is 42.3 Å². The van der Waals surface area contributed by atoms with Crippen LogP contribution in [0.3, 0.4) is 0 Å². The molecule has 3 aromatic rings. The van der Waals surface area contributed by atoms with E-state index < -0.39 is 11.9 Å². The van der Waals surface area contributed by atoms with Gasteiger partial charge in [0.25, 0.3) is 5.91 Å². The van der Waals surface area contributed by atoms with Crippen LogP contribution in [0.2, 0.25) is 0 Å². The molecule has 0 bridgehead atoms. The third-order valence-electron chi connectivity index (χ3n) is 3.81. The van der Waals surface area contributed by atoms with Crippen LogP contribution in [0.5, 0.6) is 5.75 Å². The van der Waals surface area contributed by atoms with Crippen LogP contribution in [-0.4, -0.2) is 26.8 Å². The van der Waals surface area contributed by atoms with Crippen molar-refractivity contribution in [1.29, 1.82) is 0 Å². The lowest BCUT2D eigenvalue weighted by molar-refractivity contribution is -0.127. The van der Waals surface area contributed by atoms with Crippen LogP contribution >= 0.6 is 0 Å². The minimum Gasteiger partial charge on any atom is -0.478 e. The van der Waals surface area contributed by atoms with Gasteiger partial charge in [0, 0.05) is 43.3 Å². The first-order valence-electron chi connectivity index (χ1n) is 8.15. The second kappa shape index (κ2) is 7.77. The highest BCUT2D eigenvalue weighted by atomic mass is 19.1. The molecule has 1 aromatic carbocycles. The number of hydrogen-bond donors (Lipinski definition) is 1. The average molecular weight is 354 g/mol. The largest absolute Gasteiger partial charge is 0.478 e. The highest BCUT2D eigenvalue weighted by Crippen LogP contribution is 2.19. The van der Waals surface area contributed by atoms with E-state index in [0.29, 0.717) is 6.54 Å². The van der Waals surface area contributed by atoms with Crippen molar-refractivity contribution in [2.24, 2.45) is 7.05 Å². The maximum absolute atomic E-state index is 13.6. The van der Waals surface area contributed by atoms with Crippen molar-refractivity contribution in [2.45, 2.75) is 19.6 Å². The van der Waals surface area contributed by atoms with Crippen LogP contribution in [0.4, 0.5) is 4.39 Å². The summed E-state index contributed by atoms with van der Waals surface area (Å²) in [6.07, 6.45) is 6.25. The van der Waals surface area contributed by atoms with E-state index in [2.05, 4.69) is 15.4 Å². The monoisotopic (exact) mass is 354 g/mol. The average Bonchev–Trinajstić information content (AvgIpc) is 3.08. The molecule has 7 heteroatoms. The number of hydrogen-bond acceptors (Lipinski definition) is 4. The Morgan fingerprint density at radius 2 is 2.08 bits per heavy atom. The van der Waals surface area contributed by atoms with E-state index in [9.17, 15) is 9.18 Å². The number of carbonyl (C=O) groups is 1. The molecule has 134 valence electrons. The quantitative estimate of drug-likeness (QED) is 0.739. The molecular formula is C19H19FN4O2. The Labute approximate surface area is 150 Å². The van der Waals surface area contributed by atoms with Gasteiger partial charge in [-0.15, -0.1) is 0 Å². The lowest BCUT2D eigenvalue weighted by Gasteiger charge is -2.15. The number of para-hydroxylation sites is 1. The number of benzene rings is 1. The van der Waals surface area contributed by atoms with Crippen molar-refractivity contribution < 1.29 is 13.9 Å². The molecule has 0 aliphatic heterocycles. The summed E-state index contributed by atoms with van der Waals surface area (Å²) in [5.74, 6) is -0.782. The number of nitrogens with zero attached hydrogens (tertiary/aromatic N) is 3. The van der Waals surface area contributed by atoms with Gasteiger partial charge in [0.15, 0.2) is 17.7 Å². The fraction of sp³-hybridized carbons (Fsp3) is 0.211. The summed E-state index contributed by atoms with van der Waals surface area (Å²) in [5, 5.41) is 6.91. The predicted octanol–water partition coefficient (Wildman–Crippen LogP) is 2.70. The second-order valence-electron chi connectivity index (χ2n) is 5.89. The van der Waals surface area contributed by atoms with Crippen molar-refractivity contribution in [1.82, 2.24) is 20.1 Å². The molecule has 2 aromatic heterocycles. The Bertz CT molecular complexity index is 910. The molecule has 1 amide bonds. The van der Waals surface area contributed by atoms with Gasteiger partial charge in [-0.2, -0.15) is 5.10 Å². The van der Waals surface area contributed by atoms with Crippen molar-refractivity contribution in [3.8, 4) is 16.9 Å². The number of aromatic nitrogens is 3. The zero-order chi connectivity index (χ0) is 18.5. The number of amides is 1. The van der Waals surface area contributed by atoms with Gasteiger partial charge in [-0.3, -0.25) is 14.5 Å². The molecule has 3 rings (SSSR count). The molecule has 0 radical (unpaired) electrons. The first kappa shape index (κ1) is 17.6. The summed E-state index contributed by atoms with van der Waals surface area (Å²) in [4.78, 5) is 16.4. The zero-order valence-corrected chi connectivity index (χ0v) is 14.5. The molecule has 2 heterocycles. The first-order chi connectivity index (χ1) is 12.5. The van der Waals surface area contributed by atoms with Crippen LogP contribution in [-0.2, 0) is 18.4 Å². The lowest BCUT2D eigenvalue weighted by atomic mass is 10.1. The molecular weight excluding hydrogens is 335 g/mol. The number of pyridine rings is 1. The van der Waals surface area contributed by atoms with Crippen molar-refractivity contribution in [3.63, 3.8) is 0 Å². The van der Waals surface area contributed by atoms with E-state index in [0.717, 1.165) is 16.7 Å². The van der Waals surface area contributed by atoms with Crippen LogP contribution in [0, 0.1) is 5.82 Å². The normalized spacial score (nSPS) is 11.8. The predicted molar refractivity (Wildman–Crippen MR) is 94.8 cm³/mol. The summed E-state index contributed by atoms with van der Waals surface area (Å²) in [5.41, 5.74) is 2.71. The first-order valence-corrected chi connectivity index (χ1v) is 8.15. The molecule has 1 unspecified atom stereocenters. The fourth-order valence-electron chi connectivity index (χ4n) is 2.43. The Morgan fingerprint density at radius 1 is 1.27 bits per heavy atom. The molecule has 0 aliphatic carbocycles. The van der Waals surface area contributed by atoms with Crippen molar-refractivity contribution in [2.75, 3.05) is 0 Å². The molecule has 0 saturated heterocycles. The van der Waals surface area contributed by atoms with Crippen LogP contribution in [0.25, 0.3) is 11.1 Å². The maximum Gasteiger partial charge on any atom is 0.261 e. The number of nitrogens with one attached hydrogen (secondary N) is 1. The number of carbonyl (C=O) groups excluding carboxylic acids is 1. The van der Waals surface area contributed by atoms with E-state index in [1.807, 2.05) is 19.3 Å². The van der Waals surface area contributed by atoms with E-state index >= 15 is 0 Å². The topological polar surface area (TPSA) is 69.0 Å². The number of aryl methyl sites for hydroxylation is 1. The Morgan fingerprint density at radius 3 is 2.81 bits per heavy atom. The maximum atomic E-state index is 13.6. The highest BCUT2D eigenvalue weighted by molar-refractivity contribution is 5.80. The Kier molecular flexibility index (Phi) is 5.26. The summed E-state index contributed by atoms with van der Waals surface area (Å²) < 4.78 is 20.7. The smallest absolute Gasteiger partial charge is 0.261 e. The molecule has 26 heavy (non-hydrogen) atoms. The SMILES string of the molecule is CC(Oc1ccccc1F)C(=O)NCc1cncc(-c2cnn(C)c2)c1. The van der Waals surface area contributed by atoms with E-state index in [1.165, 1.54) is 12.1 Å². The van der Waals surface area contributed by atoms with Gasteiger partial charge in [0.2, 0.25) is 0 Å². The second-order valence-corrected chi connectivity index (χ2v) is 5.89. The zero-order valence-electron chi connectivity index (χ0n) is 14.5.